The molecule has 1 saturated heterocycles. The van der Waals surface area contributed by atoms with Gasteiger partial charge in [0.2, 0.25) is 0 Å². The second-order valence-electron chi connectivity index (χ2n) is 1.76. The van der Waals surface area contributed by atoms with Gasteiger partial charge in [-0.2, -0.15) is 0 Å². The van der Waals surface area contributed by atoms with Gasteiger partial charge >= 0.3 is 83.2 Å². The van der Waals surface area contributed by atoms with E-state index in [0.29, 0.717) is 0 Å². The SMILES string of the molecule is CN1CC[Se][Si]1(I)I. The van der Waals surface area contributed by atoms with Crippen molar-refractivity contribution in [2.24, 2.45) is 0 Å². The third-order valence-electron chi connectivity index (χ3n) is 1.15. The third kappa shape index (κ3) is 1.82. The van der Waals surface area contributed by atoms with Crippen molar-refractivity contribution in [3.05, 3.63) is 0 Å². The summed E-state index contributed by atoms with van der Waals surface area (Å²) in [6.07, 6.45) is 0. The summed E-state index contributed by atoms with van der Waals surface area (Å²) in [6.45, 7) is 1.36. The molecule has 48 valence electrons. The quantitative estimate of drug-likeness (QED) is 0.327. The van der Waals surface area contributed by atoms with E-state index < -0.39 is 1.83 Å². The number of nitrogens with zero attached hydrogens (tertiary/aromatic N) is 1. The molecule has 0 amide bonds. The predicted molar refractivity (Wildman–Crippen MR) is 57.0 cm³/mol. The van der Waals surface area contributed by atoms with E-state index >= 15 is 0 Å². The van der Waals surface area contributed by atoms with Gasteiger partial charge in [-0.15, -0.1) is 0 Å². The van der Waals surface area contributed by atoms with Gasteiger partial charge in [-0.1, -0.05) is 0 Å². The monoisotopic (exact) mass is 419 g/mol. The molecule has 1 nitrogen and oxygen atoms in total. The molecule has 0 aromatic heterocycles. The molecule has 1 aliphatic rings. The molecule has 0 bridgehead atoms. The molecular weight excluding hydrogens is 411 g/mol. The predicted octanol–water partition coefficient (Wildman–Crippen LogP) is 1.36. The second-order valence-corrected chi connectivity index (χ2v) is 35.6. The first-order valence-electron chi connectivity index (χ1n) is 2.36. The molecular formula is C3H7I2NSeSi. The van der Waals surface area contributed by atoms with Gasteiger partial charge in [-0.3, -0.25) is 0 Å². The Morgan fingerprint density at radius 1 is 1.62 bits per heavy atom. The summed E-state index contributed by atoms with van der Waals surface area (Å²) in [6, 6.07) is 0. The maximum absolute atomic E-state index is 2.67. The molecule has 1 rings (SSSR count). The van der Waals surface area contributed by atoms with E-state index in [1.54, 1.807) is 0 Å². The van der Waals surface area contributed by atoms with Crippen LogP contribution in [0.4, 0.5) is 0 Å². The molecule has 1 heterocycles. The first kappa shape index (κ1) is 8.25. The van der Waals surface area contributed by atoms with Crippen LogP contribution in [0.1, 0.15) is 0 Å². The Balaban J connectivity index is 2.54. The van der Waals surface area contributed by atoms with Gasteiger partial charge in [-0.05, 0) is 0 Å². The third-order valence-corrected chi connectivity index (χ3v) is 23.3. The Labute approximate surface area is 82.1 Å². The number of halogens is 2. The van der Waals surface area contributed by atoms with Gasteiger partial charge in [0, 0.05) is 0 Å². The van der Waals surface area contributed by atoms with E-state index in [1.807, 2.05) is 0 Å². The Morgan fingerprint density at radius 3 is 2.38 bits per heavy atom. The van der Waals surface area contributed by atoms with Crippen LogP contribution in [0.3, 0.4) is 0 Å². The van der Waals surface area contributed by atoms with Gasteiger partial charge in [0.05, 0.1) is 0 Å². The number of hydrogen-bond acceptors (Lipinski definition) is 1. The summed E-state index contributed by atoms with van der Waals surface area (Å²) < 4.78 is 1.76. The Kier molecular flexibility index (Phi) is 3.14. The van der Waals surface area contributed by atoms with Crippen molar-refractivity contribution < 1.29 is 0 Å². The van der Waals surface area contributed by atoms with E-state index in [4.69, 9.17) is 0 Å². The minimum atomic E-state index is -0.808. The van der Waals surface area contributed by atoms with Crippen LogP contribution in [-0.2, 0) is 0 Å². The summed E-state index contributed by atoms with van der Waals surface area (Å²) in [5, 5.41) is 1.49. The molecule has 0 unspecified atom stereocenters. The molecule has 0 saturated carbocycles. The molecule has 0 N–H and O–H groups in total. The fourth-order valence-corrected chi connectivity index (χ4v) is 14.8. The van der Waals surface area contributed by atoms with Crippen molar-refractivity contribution in [1.82, 2.24) is 4.57 Å². The first-order valence-corrected chi connectivity index (χ1v) is 14.2. The Bertz CT molecular complexity index is 99.3. The summed E-state index contributed by atoms with van der Waals surface area (Å²) >= 11 is 6.32. The van der Waals surface area contributed by atoms with Gasteiger partial charge in [0.15, 0.2) is 0 Å². The number of rotatable bonds is 0. The van der Waals surface area contributed by atoms with Crippen LogP contribution in [-0.4, -0.2) is 34.3 Å². The van der Waals surface area contributed by atoms with E-state index in [0.717, 1.165) is 14.3 Å². The van der Waals surface area contributed by atoms with Crippen LogP contribution < -0.4 is 0 Å². The van der Waals surface area contributed by atoms with E-state index in [2.05, 4.69) is 55.2 Å². The molecule has 0 aliphatic carbocycles. The normalized spacial score (nSPS) is 28.9. The molecule has 5 heteroatoms. The maximum atomic E-state index is 2.67. The zero-order valence-electron chi connectivity index (χ0n) is 4.53. The Morgan fingerprint density at radius 2 is 2.25 bits per heavy atom. The van der Waals surface area contributed by atoms with Crippen molar-refractivity contribution in [3.63, 3.8) is 0 Å². The molecule has 1 fully saturated rings. The topological polar surface area (TPSA) is 3.24 Å². The second kappa shape index (κ2) is 3.04. The van der Waals surface area contributed by atoms with Crippen LogP contribution in [0.15, 0.2) is 0 Å². The van der Waals surface area contributed by atoms with E-state index in [1.165, 1.54) is 11.9 Å². The van der Waals surface area contributed by atoms with Gasteiger partial charge in [0.1, 0.15) is 0 Å². The standard InChI is InChI=1S/C3H7I2NSeSi/c1-6-2-3-7-8(6,4)5/h2-3H2,1H3. The van der Waals surface area contributed by atoms with Crippen LogP contribution in [0, 0.1) is 0 Å². The summed E-state index contributed by atoms with van der Waals surface area (Å²) in [5.74, 6) is 0. The van der Waals surface area contributed by atoms with Gasteiger partial charge < -0.3 is 0 Å². The van der Waals surface area contributed by atoms with Crippen molar-refractivity contribution in [2.45, 2.75) is 5.32 Å². The van der Waals surface area contributed by atoms with Crippen molar-refractivity contribution in [2.75, 3.05) is 13.6 Å². The molecule has 0 radical (unpaired) electrons. The molecule has 0 atom stereocenters. The van der Waals surface area contributed by atoms with E-state index in [-0.39, 0.29) is 0 Å². The van der Waals surface area contributed by atoms with Gasteiger partial charge in [0.25, 0.3) is 0 Å². The average Bonchev–Trinajstić information content (AvgIpc) is 1.86. The molecule has 0 aromatic carbocycles. The summed E-state index contributed by atoms with van der Waals surface area (Å²) in [7, 11) is 2.26. The molecule has 0 spiro atoms. The average molecular weight is 418 g/mol. The fraction of sp³-hybridized carbons (Fsp3) is 1.00. The van der Waals surface area contributed by atoms with Crippen molar-refractivity contribution in [3.8, 4) is 0 Å². The zero-order valence-corrected chi connectivity index (χ0v) is 11.6. The first-order chi connectivity index (χ1) is 3.63. The minimum absolute atomic E-state index is 0.808. The molecule has 0 aromatic rings. The van der Waals surface area contributed by atoms with Crippen LogP contribution >= 0.6 is 43.6 Å². The zero-order chi connectivity index (χ0) is 6.20. The fourth-order valence-electron chi connectivity index (χ4n) is 0.546. The molecule has 1 aliphatic heterocycles. The van der Waals surface area contributed by atoms with Crippen molar-refractivity contribution in [1.29, 1.82) is 0 Å². The molecule has 8 heavy (non-hydrogen) atoms. The number of hydrogen-bond donors (Lipinski definition) is 0. The van der Waals surface area contributed by atoms with Crippen LogP contribution in [0.2, 0.25) is 5.32 Å². The summed E-state index contributed by atoms with van der Waals surface area (Å²) in [5.41, 5.74) is 0. The Hall–Kier alpha value is 2.16. The summed E-state index contributed by atoms with van der Waals surface area (Å²) in [4.78, 5) is 0. The van der Waals surface area contributed by atoms with E-state index in [9.17, 15) is 0 Å². The van der Waals surface area contributed by atoms with Crippen LogP contribution in [0.5, 0.6) is 0 Å². The van der Waals surface area contributed by atoms with Crippen LogP contribution in [0.25, 0.3) is 0 Å². The van der Waals surface area contributed by atoms with Crippen molar-refractivity contribution >= 4 is 59.7 Å². The van der Waals surface area contributed by atoms with Gasteiger partial charge in [-0.25, -0.2) is 0 Å².